The van der Waals surface area contributed by atoms with Gasteiger partial charge in [0.1, 0.15) is 11.4 Å². The second-order valence-corrected chi connectivity index (χ2v) is 7.25. The number of ether oxygens (including phenoxy) is 2. The highest BCUT2D eigenvalue weighted by atomic mass is 79.9. The summed E-state index contributed by atoms with van der Waals surface area (Å²) in [6, 6.07) is 1.63. The lowest BCUT2D eigenvalue weighted by atomic mass is 10.2. The van der Waals surface area contributed by atoms with Crippen LogP contribution in [0.15, 0.2) is 15.3 Å². The molecule has 1 N–H and O–H groups in total. The minimum Gasteiger partial charge on any atom is -0.480 e. The fourth-order valence-electron chi connectivity index (χ4n) is 2.23. The Kier molecular flexibility index (Phi) is 5.66. The number of hydrogen-bond donors (Lipinski definition) is 1. The molecule has 0 bridgehead atoms. The molecule has 1 amide bonds. The van der Waals surface area contributed by atoms with E-state index in [0.29, 0.717) is 27.2 Å². The van der Waals surface area contributed by atoms with E-state index in [2.05, 4.69) is 31.2 Å². The summed E-state index contributed by atoms with van der Waals surface area (Å²) in [4.78, 5) is 32.8. The van der Waals surface area contributed by atoms with Crippen LogP contribution in [0.1, 0.15) is 26.6 Å². The molecule has 0 aromatic carbocycles. The fourth-order valence-corrected chi connectivity index (χ4v) is 2.68. The minimum atomic E-state index is -0.582. The van der Waals surface area contributed by atoms with Crippen molar-refractivity contribution in [3.8, 4) is 5.88 Å². The largest absolute Gasteiger partial charge is 0.480 e. The number of amides is 1. The summed E-state index contributed by atoms with van der Waals surface area (Å²) in [6.07, 6.45) is -0.539. The molecule has 2 rings (SSSR count). The van der Waals surface area contributed by atoms with E-state index in [1.807, 2.05) is 0 Å². The maximum atomic E-state index is 12.5. The number of hydrogen-bond acceptors (Lipinski definition) is 6. The summed E-state index contributed by atoms with van der Waals surface area (Å²) in [5, 5.41) is 3.24. The molecule has 0 unspecified atom stereocenters. The lowest BCUT2D eigenvalue weighted by Gasteiger charge is -2.20. The Morgan fingerprint density at radius 1 is 1.36 bits per heavy atom. The Balaban J connectivity index is 2.31. The molecule has 2 aromatic rings. The Morgan fingerprint density at radius 2 is 2.04 bits per heavy atom. The van der Waals surface area contributed by atoms with Crippen molar-refractivity contribution in [2.24, 2.45) is 0 Å². The van der Waals surface area contributed by atoms with Crippen molar-refractivity contribution in [3.63, 3.8) is 0 Å². The van der Waals surface area contributed by atoms with Gasteiger partial charge < -0.3 is 14.8 Å². The van der Waals surface area contributed by atoms with Crippen molar-refractivity contribution in [1.82, 2.24) is 19.9 Å². The van der Waals surface area contributed by atoms with Crippen LogP contribution in [-0.4, -0.2) is 39.9 Å². The topological polar surface area (TPSA) is 95.3 Å². The Labute approximate surface area is 153 Å². The second kappa shape index (κ2) is 7.38. The Hall–Kier alpha value is -2.16. The highest BCUT2D eigenvalue weighted by molar-refractivity contribution is 9.10. The molecule has 0 aliphatic heterocycles. The molecule has 0 saturated heterocycles. The number of nitrogens with zero attached hydrogens (tertiary/aromatic N) is 3. The van der Waals surface area contributed by atoms with E-state index in [1.165, 1.54) is 11.7 Å². The van der Waals surface area contributed by atoms with Gasteiger partial charge in [-0.25, -0.2) is 9.78 Å². The number of aromatic nitrogens is 3. The first-order chi connectivity index (χ1) is 11.6. The molecule has 0 atom stereocenters. The molecule has 0 fully saturated rings. The van der Waals surface area contributed by atoms with Gasteiger partial charge in [-0.2, -0.15) is 4.98 Å². The first kappa shape index (κ1) is 19.2. The molecule has 0 aliphatic rings. The summed E-state index contributed by atoms with van der Waals surface area (Å²) in [7, 11) is 1.51. The van der Waals surface area contributed by atoms with Crippen molar-refractivity contribution in [1.29, 1.82) is 0 Å². The van der Waals surface area contributed by atoms with E-state index >= 15 is 0 Å². The quantitative estimate of drug-likeness (QED) is 0.827. The van der Waals surface area contributed by atoms with Gasteiger partial charge in [0.2, 0.25) is 5.88 Å². The van der Waals surface area contributed by atoms with Gasteiger partial charge in [-0.05, 0) is 49.7 Å². The number of carbonyl (C=O) groups excluding carboxylic acids is 1. The van der Waals surface area contributed by atoms with Gasteiger partial charge in [-0.1, -0.05) is 0 Å². The summed E-state index contributed by atoms with van der Waals surface area (Å²) in [5.41, 5.74) is -0.386. The zero-order valence-electron chi connectivity index (χ0n) is 14.8. The molecule has 8 nitrogen and oxygen atoms in total. The van der Waals surface area contributed by atoms with Gasteiger partial charge >= 0.3 is 6.09 Å². The maximum Gasteiger partial charge on any atom is 0.407 e. The van der Waals surface area contributed by atoms with Crippen molar-refractivity contribution < 1.29 is 14.3 Å². The summed E-state index contributed by atoms with van der Waals surface area (Å²) < 4.78 is 12.3. The highest BCUT2D eigenvalue weighted by Crippen LogP contribution is 2.23. The smallest absolute Gasteiger partial charge is 0.407 e. The van der Waals surface area contributed by atoms with Crippen LogP contribution in [0.5, 0.6) is 5.88 Å². The number of carbonyl (C=O) groups is 1. The van der Waals surface area contributed by atoms with E-state index in [4.69, 9.17) is 9.47 Å². The van der Waals surface area contributed by atoms with E-state index in [-0.39, 0.29) is 18.6 Å². The van der Waals surface area contributed by atoms with E-state index in [0.717, 1.165) is 0 Å². The Bertz CT molecular complexity index is 858. The lowest BCUT2D eigenvalue weighted by Crippen LogP contribution is -2.35. The number of fused-ring (bicyclic) bond motifs is 1. The zero-order valence-corrected chi connectivity index (χ0v) is 16.4. The second-order valence-electron chi connectivity index (χ2n) is 6.40. The van der Waals surface area contributed by atoms with Crippen LogP contribution in [0.25, 0.3) is 11.0 Å². The van der Waals surface area contributed by atoms with Gasteiger partial charge in [0.25, 0.3) is 5.56 Å². The number of rotatable bonds is 4. The van der Waals surface area contributed by atoms with E-state index < -0.39 is 11.7 Å². The molecule has 0 saturated carbocycles. The molecular weight excluding hydrogens is 392 g/mol. The molecule has 25 heavy (non-hydrogen) atoms. The number of methoxy groups -OCH3 is 1. The van der Waals surface area contributed by atoms with Gasteiger partial charge in [-0.15, -0.1) is 0 Å². The lowest BCUT2D eigenvalue weighted by molar-refractivity contribution is 0.0526. The number of halogens is 1. The fraction of sp³-hybridized carbons (Fsp3) is 0.500. The van der Waals surface area contributed by atoms with Crippen molar-refractivity contribution in [2.45, 2.75) is 39.8 Å². The van der Waals surface area contributed by atoms with Gasteiger partial charge in [0.05, 0.1) is 17.0 Å². The van der Waals surface area contributed by atoms with Crippen LogP contribution < -0.4 is 15.6 Å². The third-order valence-electron chi connectivity index (χ3n) is 3.18. The standard InChI is InChI=1S/C16H21BrN4O4/c1-9-19-12-10(13(20-9)24-5)8-11(17)14(22)21(12)7-6-18-15(23)25-16(2,3)4/h8H,6-7H2,1-5H3,(H,18,23). The van der Waals surface area contributed by atoms with Gasteiger partial charge in [-0.3, -0.25) is 9.36 Å². The van der Waals surface area contributed by atoms with Gasteiger partial charge in [0, 0.05) is 13.1 Å². The summed E-state index contributed by atoms with van der Waals surface area (Å²) in [6.45, 7) is 7.51. The molecule has 0 spiro atoms. The van der Waals surface area contributed by atoms with E-state index in [1.54, 1.807) is 33.8 Å². The number of aryl methyl sites for hydroxylation is 1. The van der Waals surface area contributed by atoms with Crippen LogP contribution in [-0.2, 0) is 11.3 Å². The van der Waals surface area contributed by atoms with Crippen molar-refractivity contribution in [2.75, 3.05) is 13.7 Å². The van der Waals surface area contributed by atoms with Crippen LogP contribution >= 0.6 is 15.9 Å². The van der Waals surface area contributed by atoms with E-state index in [9.17, 15) is 9.59 Å². The third-order valence-corrected chi connectivity index (χ3v) is 3.74. The van der Waals surface area contributed by atoms with Crippen LogP contribution in [0, 0.1) is 6.92 Å². The molecule has 0 aliphatic carbocycles. The van der Waals surface area contributed by atoms with Crippen molar-refractivity contribution >= 4 is 33.1 Å². The first-order valence-electron chi connectivity index (χ1n) is 7.71. The molecule has 9 heteroatoms. The van der Waals surface area contributed by atoms with Gasteiger partial charge in [0.15, 0.2) is 5.65 Å². The summed E-state index contributed by atoms with van der Waals surface area (Å²) >= 11 is 3.25. The summed E-state index contributed by atoms with van der Waals surface area (Å²) in [5.74, 6) is 0.872. The highest BCUT2D eigenvalue weighted by Gasteiger charge is 2.17. The monoisotopic (exact) mass is 412 g/mol. The average Bonchev–Trinajstić information content (AvgIpc) is 2.49. The molecule has 2 aromatic heterocycles. The Morgan fingerprint density at radius 3 is 2.64 bits per heavy atom. The van der Waals surface area contributed by atoms with Crippen LogP contribution in [0.2, 0.25) is 0 Å². The normalized spacial score (nSPS) is 11.4. The molecule has 0 radical (unpaired) electrons. The zero-order chi connectivity index (χ0) is 18.8. The SMILES string of the molecule is COc1nc(C)nc2c1cc(Br)c(=O)n2CCNC(=O)OC(C)(C)C. The first-order valence-corrected chi connectivity index (χ1v) is 8.50. The van der Waals surface area contributed by atoms with Crippen LogP contribution in [0.4, 0.5) is 4.79 Å². The predicted molar refractivity (Wildman–Crippen MR) is 97.0 cm³/mol. The molecule has 2 heterocycles. The average molecular weight is 413 g/mol. The third kappa shape index (κ3) is 4.68. The minimum absolute atomic E-state index is 0.214. The predicted octanol–water partition coefficient (Wildman–Crippen LogP) is 2.40. The number of alkyl carbamates (subject to hydrolysis) is 1. The maximum absolute atomic E-state index is 12.5. The van der Waals surface area contributed by atoms with Crippen LogP contribution in [0.3, 0.4) is 0 Å². The molecule has 136 valence electrons. The number of nitrogens with one attached hydrogen (secondary N) is 1. The number of pyridine rings is 1. The van der Waals surface area contributed by atoms with Crippen molar-refractivity contribution in [3.05, 3.63) is 26.7 Å². The molecular formula is C16H21BrN4O4.